The van der Waals surface area contributed by atoms with Crippen molar-refractivity contribution in [1.82, 2.24) is 4.31 Å². The van der Waals surface area contributed by atoms with Gasteiger partial charge in [0.05, 0.1) is 19.1 Å². The average molecular weight is 419 g/mol. The van der Waals surface area contributed by atoms with Crippen LogP contribution in [-0.2, 0) is 14.8 Å². The lowest BCUT2D eigenvalue weighted by Gasteiger charge is -2.18. The van der Waals surface area contributed by atoms with Crippen molar-refractivity contribution in [3.8, 4) is 11.5 Å². The number of hydrogen-bond donors (Lipinski definition) is 1. The molecule has 0 fully saturated rings. The summed E-state index contributed by atoms with van der Waals surface area (Å²) in [7, 11) is -0.501. The Morgan fingerprint density at radius 2 is 1.72 bits per heavy atom. The Morgan fingerprint density at radius 1 is 1.03 bits per heavy atom. The van der Waals surface area contributed by atoms with Gasteiger partial charge in [-0.25, -0.2) is 8.42 Å². The van der Waals surface area contributed by atoms with Gasteiger partial charge >= 0.3 is 0 Å². The predicted octanol–water partition coefficient (Wildman–Crippen LogP) is 3.39. The van der Waals surface area contributed by atoms with Gasteiger partial charge in [0.15, 0.2) is 11.5 Å². The van der Waals surface area contributed by atoms with Gasteiger partial charge in [-0.2, -0.15) is 4.31 Å². The number of ether oxygens (including phenoxy) is 2. The standard InChI is InChI=1S/C21H26N2O5S/c1-5-23(6-2)29(25,26)18-9-7-8-17(15-18)22-21(24)13-11-16-10-12-19(27-3)20(14-16)28-4/h7-15H,5-6H2,1-4H3,(H,22,24)/b13-11+. The summed E-state index contributed by atoms with van der Waals surface area (Å²) in [6, 6.07) is 11.5. The fourth-order valence-corrected chi connectivity index (χ4v) is 4.26. The van der Waals surface area contributed by atoms with E-state index in [1.807, 2.05) is 0 Å². The SMILES string of the molecule is CCN(CC)S(=O)(=O)c1cccc(NC(=O)/C=C/c2ccc(OC)c(OC)c2)c1. The smallest absolute Gasteiger partial charge is 0.248 e. The molecule has 0 saturated heterocycles. The van der Waals surface area contributed by atoms with Gasteiger partial charge in [0, 0.05) is 24.9 Å². The minimum atomic E-state index is -3.59. The van der Waals surface area contributed by atoms with Crippen LogP contribution in [0.5, 0.6) is 11.5 Å². The third-order valence-corrected chi connectivity index (χ3v) is 6.33. The molecular weight excluding hydrogens is 392 g/mol. The molecule has 0 saturated carbocycles. The summed E-state index contributed by atoms with van der Waals surface area (Å²) in [4.78, 5) is 12.4. The first-order chi connectivity index (χ1) is 13.8. The predicted molar refractivity (Wildman–Crippen MR) is 114 cm³/mol. The lowest BCUT2D eigenvalue weighted by atomic mass is 10.2. The molecule has 2 aromatic rings. The Labute approximate surface area is 172 Å². The second kappa shape index (κ2) is 10.1. The molecule has 0 bridgehead atoms. The third kappa shape index (κ3) is 5.58. The molecule has 0 aliphatic heterocycles. The lowest BCUT2D eigenvalue weighted by Crippen LogP contribution is -2.30. The van der Waals surface area contributed by atoms with Crippen LogP contribution in [0.15, 0.2) is 53.4 Å². The number of rotatable bonds is 9. The van der Waals surface area contributed by atoms with Gasteiger partial charge in [-0.15, -0.1) is 0 Å². The highest BCUT2D eigenvalue weighted by Gasteiger charge is 2.21. The molecule has 2 rings (SSSR count). The largest absolute Gasteiger partial charge is 0.493 e. The summed E-state index contributed by atoms with van der Waals surface area (Å²) in [6.07, 6.45) is 3.00. The zero-order valence-corrected chi connectivity index (χ0v) is 17.8. The molecule has 0 radical (unpaired) electrons. The molecule has 0 atom stereocenters. The van der Waals surface area contributed by atoms with E-state index in [-0.39, 0.29) is 10.8 Å². The Balaban J connectivity index is 2.15. The highest BCUT2D eigenvalue weighted by atomic mass is 32.2. The van der Waals surface area contributed by atoms with Gasteiger partial charge in [-0.05, 0) is 42.0 Å². The van der Waals surface area contributed by atoms with Crippen LogP contribution in [0.25, 0.3) is 6.08 Å². The molecule has 1 amide bonds. The normalized spacial score (nSPS) is 11.6. The van der Waals surface area contributed by atoms with Gasteiger partial charge in [0.1, 0.15) is 0 Å². The third-order valence-electron chi connectivity index (χ3n) is 4.28. The minimum absolute atomic E-state index is 0.142. The zero-order chi connectivity index (χ0) is 21.4. The molecule has 156 valence electrons. The Bertz CT molecular complexity index is 982. The Morgan fingerprint density at radius 3 is 2.34 bits per heavy atom. The van der Waals surface area contributed by atoms with Gasteiger partial charge in [-0.1, -0.05) is 26.0 Å². The monoisotopic (exact) mass is 418 g/mol. The number of amides is 1. The average Bonchev–Trinajstić information content (AvgIpc) is 2.72. The van der Waals surface area contributed by atoms with Crippen molar-refractivity contribution in [2.75, 3.05) is 32.6 Å². The van der Waals surface area contributed by atoms with Gasteiger partial charge in [0.2, 0.25) is 15.9 Å². The van der Waals surface area contributed by atoms with Crippen LogP contribution < -0.4 is 14.8 Å². The molecule has 2 aromatic carbocycles. The van der Waals surface area contributed by atoms with E-state index in [0.717, 1.165) is 5.56 Å². The van der Waals surface area contributed by atoms with Crippen LogP contribution in [0.3, 0.4) is 0 Å². The summed E-state index contributed by atoms with van der Waals surface area (Å²) in [5, 5.41) is 2.69. The second-order valence-electron chi connectivity index (χ2n) is 6.05. The molecule has 0 aromatic heterocycles. The zero-order valence-electron chi connectivity index (χ0n) is 17.0. The molecule has 29 heavy (non-hydrogen) atoms. The van der Waals surface area contributed by atoms with Gasteiger partial charge in [0.25, 0.3) is 0 Å². The number of carbonyl (C=O) groups excluding carboxylic acids is 1. The number of nitrogens with zero attached hydrogens (tertiary/aromatic N) is 1. The first-order valence-corrected chi connectivity index (χ1v) is 10.6. The number of hydrogen-bond acceptors (Lipinski definition) is 5. The van der Waals surface area contributed by atoms with E-state index in [0.29, 0.717) is 30.3 Å². The van der Waals surface area contributed by atoms with Gasteiger partial charge < -0.3 is 14.8 Å². The highest BCUT2D eigenvalue weighted by Crippen LogP contribution is 2.28. The fourth-order valence-electron chi connectivity index (χ4n) is 2.76. The molecule has 8 heteroatoms. The summed E-state index contributed by atoms with van der Waals surface area (Å²) in [6.45, 7) is 4.32. The molecule has 0 aliphatic carbocycles. The van der Waals surface area contributed by atoms with E-state index in [1.165, 1.54) is 29.6 Å². The van der Waals surface area contributed by atoms with Crippen molar-refractivity contribution in [2.45, 2.75) is 18.7 Å². The van der Waals surface area contributed by atoms with Crippen LogP contribution in [0.4, 0.5) is 5.69 Å². The van der Waals surface area contributed by atoms with Crippen molar-refractivity contribution in [3.05, 3.63) is 54.1 Å². The second-order valence-corrected chi connectivity index (χ2v) is 7.99. The number of carbonyl (C=O) groups is 1. The van der Waals surface area contributed by atoms with Crippen LogP contribution in [0.1, 0.15) is 19.4 Å². The molecule has 7 nitrogen and oxygen atoms in total. The number of sulfonamides is 1. The highest BCUT2D eigenvalue weighted by molar-refractivity contribution is 7.89. The molecule has 1 N–H and O–H groups in total. The van der Waals surface area contributed by atoms with E-state index in [2.05, 4.69) is 5.32 Å². The number of methoxy groups -OCH3 is 2. The van der Waals surface area contributed by atoms with Crippen LogP contribution in [0.2, 0.25) is 0 Å². The fraction of sp³-hybridized carbons (Fsp3) is 0.286. The summed E-state index contributed by atoms with van der Waals surface area (Å²) >= 11 is 0. The molecule has 0 heterocycles. The number of benzene rings is 2. The molecular formula is C21H26N2O5S. The van der Waals surface area contributed by atoms with Crippen molar-refractivity contribution >= 4 is 27.7 Å². The molecule has 0 aliphatic rings. The van der Waals surface area contributed by atoms with E-state index >= 15 is 0 Å². The molecule has 0 spiro atoms. The summed E-state index contributed by atoms with van der Waals surface area (Å²) in [5.74, 6) is 0.780. The molecule has 0 unspecified atom stereocenters. The first kappa shape index (κ1) is 22.4. The van der Waals surface area contributed by atoms with E-state index in [9.17, 15) is 13.2 Å². The van der Waals surface area contributed by atoms with E-state index < -0.39 is 10.0 Å². The van der Waals surface area contributed by atoms with Crippen molar-refractivity contribution in [3.63, 3.8) is 0 Å². The summed E-state index contributed by atoms with van der Waals surface area (Å²) < 4.78 is 37.1. The van der Waals surface area contributed by atoms with Crippen LogP contribution in [0, 0.1) is 0 Å². The van der Waals surface area contributed by atoms with Crippen LogP contribution >= 0.6 is 0 Å². The first-order valence-electron chi connectivity index (χ1n) is 9.17. The van der Waals surface area contributed by atoms with Gasteiger partial charge in [-0.3, -0.25) is 4.79 Å². The maximum Gasteiger partial charge on any atom is 0.248 e. The quantitative estimate of drug-likeness (QED) is 0.631. The number of anilines is 1. The minimum Gasteiger partial charge on any atom is -0.493 e. The topological polar surface area (TPSA) is 84.9 Å². The maximum atomic E-state index is 12.6. The number of nitrogens with one attached hydrogen (secondary N) is 1. The maximum absolute atomic E-state index is 12.6. The summed E-state index contributed by atoms with van der Waals surface area (Å²) in [5.41, 5.74) is 1.16. The van der Waals surface area contributed by atoms with E-state index in [1.54, 1.807) is 57.4 Å². The van der Waals surface area contributed by atoms with Crippen molar-refractivity contribution < 1.29 is 22.7 Å². The van der Waals surface area contributed by atoms with Crippen molar-refractivity contribution in [2.24, 2.45) is 0 Å². The lowest BCUT2D eigenvalue weighted by molar-refractivity contribution is -0.111. The van der Waals surface area contributed by atoms with E-state index in [4.69, 9.17) is 9.47 Å². The van der Waals surface area contributed by atoms with Crippen molar-refractivity contribution in [1.29, 1.82) is 0 Å². The Hall–Kier alpha value is -2.84. The van der Waals surface area contributed by atoms with Crippen LogP contribution in [-0.4, -0.2) is 45.9 Å². The Kier molecular flexibility index (Phi) is 7.81.